The first-order chi connectivity index (χ1) is 9.61. The molecule has 4 nitrogen and oxygen atoms in total. The van der Waals surface area contributed by atoms with Crippen molar-refractivity contribution in [2.75, 3.05) is 26.3 Å². The van der Waals surface area contributed by atoms with Crippen molar-refractivity contribution in [2.24, 2.45) is 0 Å². The van der Waals surface area contributed by atoms with E-state index in [0.717, 1.165) is 11.1 Å². The zero-order valence-corrected chi connectivity index (χ0v) is 11.8. The number of morpholine rings is 1. The minimum Gasteiger partial charge on any atom is -0.384 e. The van der Waals surface area contributed by atoms with Crippen LogP contribution in [-0.2, 0) is 4.74 Å². The van der Waals surface area contributed by atoms with Crippen molar-refractivity contribution in [1.29, 1.82) is 0 Å². The zero-order valence-electron chi connectivity index (χ0n) is 11.8. The van der Waals surface area contributed by atoms with Crippen LogP contribution in [0.25, 0.3) is 0 Å². The van der Waals surface area contributed by atoms with Crippen LogP contribution in [-0.4, -0.2) is 48.3 Å². The standard InChI is InChI=1S/C16H19NO3/c1-12-10-15(6-5-14(12)4-3-8-18)16(19)17-7-9-20-13(2)11-17/h5-6,10,13,18H,7-9,11H2,1-2H3. The van der Waals surface area contributed by atoms with Crippen molar-refractivity contribution in [3.8, 4) is 11.8 Å². The number of rotatable bonds is 1. The number of carbonyl (C=O) groups excluding carboxylic acids is 1. The summed E-state index contributed by atoms with van der Waals surface area (Å²) in [5.74, 6) is 5.52. The molecule has 1 fully saturated rings. The van der Waals surface area contributed by atoms with Crippen LogP contribution < -0.4 is 0 Å². The molecule has 1 amide bonds. The van der Waals surface area contributed by atoms with E-state index in [1.165, 1.54) is 0 Å². The van der Waals surface area contributed by atoms with Crippen LogP contribution in [0.3, 0.4) is 0 Å². The molecule has 0 aromatic heterocycles. The number of hydrogen-bond acceptors (Lipinski definition) is 3. The third kappa shape index (κ3) is 3.38. The summed E-state index contributed by atoms with van der Waals surface area (Å²) >= 11 is 0. The van der Waals surface area contributed by atoms with Gasteiger partial charge in [-0.1, -0.05) is 11.8 Å². The highest BCUT2D eigenvalue weighted by molar-refractivity contribution is 5.94. The van der Waals surface area contributed by atoms with Gasteiger partial charge in [0.05, 0.1) is 12.7 Å². The Morgan fingerprint density at radius 1 is 1.55 bits per heavy atom. The normalized spacial score (nSPS) is 18.4. The third-order valence-electron chi connectivity index (χ3n) is 3.30. The van der Waals surface area contributed by atoms with Crippen molar-refractivity contribution in [2.45, 2.75) is 20.0 Å². The summed E-state index contributed by atoms with van der Waals surface area (Å²) in [6.07, 6.45) is 0.0866. The van der Waals surface area contributed by atoms with Crippen LogP contribution in [0.1, 0.15) is 28.4 Å². The van der Waals surface area contributed by atoms with Gasteiger partial charge >= 0.3 is 0 Å². The summed E-state index contributed by atoms with van der Waals surface area (Å²) in [5.41, 5.74) is 2.45. The molecule has 0 bridgehead atoms. The molecular weight excluding hydrogens is 254 g/mol. The van der Waals surface area contributed by atoms with Crippen LogP contribution in [0.5, 0.6) is 0 Å². The largest absolute Gasteiger partial charge is 0.384 e. The molecule has 1 aromatic carbocycles. The number of benzene rings is 1. The van der Waals surface area contributed by atoms with Gasteiger partial charge in [0.15, 0.2) is 0 Å². The smallest absolute Gasteiger partial charge is 0.254 e. The van der Waals surface area contributed by atoms with Gasteiger partial charge in [-0.3, -0.25) is 4.79 Å². The van der Waals surface area contributed by atoms with Crippen LogP contribution in [0.4, 0.5) is 0 Å². The van der Waals surface area contributed by atoms with Crippen molar-refractivity contribution >= 4 is 5.91 Å². The number of aryl methyl sites for hydroxylation is 1. The number of ether oxygens (including phenoxy) is 1. The Hall–Kier alpha value is -1.83. The lowest BCUT2D eigenvalue weighted by atomic mass is 10.0. The fourth-order valence-corrected chi connectivity index (χ4v) is 2.26. The molecule has 1 N–H and O–H groups in total. The molecule has 1 aliphatic rings. The van der Waals surface area contributed by atoms with E-state index in [-0.39, 0.29) is 18.6 Å². The first kappa shape index (κ1) is 14.6. The fraction of sp³-hybridized carbons (Fsp3) is 0.438. The molecular formula is C16H19NO3. The molecule has 2 rings (SSSR count). The van der Waals surface area contributed by atoms with E-state index in [4.69, 9.17) is 9.84 Å². The Morgan fingerprint density at radius 3 is 3.00 bits per heavy atom. The van der Waals surface area contributed by atoms with Gasteiger partial charge in [0.25, 0.3) is 5.91 Å². The van der Waals surface area contributed by atoms with E-state index >= 15 is 0 Å². The second-order valence-corrected chi connectivity index (χ2v) is 4.92. The lowest BCUT2D eigenvalue weighted by Crippen LogP contribution is -2.44. The number of carbonyl (C=O) groups is 1. The van der Waals surface area contributed by atoms with Gasteiger partial charge < -0.3 is 14.7 Å². The van der Waals surface area contributed by atoms with Gasteiger partial charge in [-0.2, -0.15) is 0 Å². The molecule has 1 atom stereocenters. The molecule has 1 heterocycles. The predicted octanol–water partition coefficient (Wildman–Crippen LogP) is 1.20. The van der Waals surface area contributed by atoms with E-state index in [9.17, 15) is 4.79 Å². The van der Waals surface area contributed by atoms with Gasteiger partial charge in [-0.05, 0) is 37.6 Å². The molecule has 1 aromatic rings. The number of aliphatic hydroxyl groups excluding tert-OH is 1. The highest BCUT2D eigenvalue weighted by Gasteiger charge is 2.22. The molecule has 1 aliphatic heterocycles. The summed E-state index contributed by atoms with van der Waals surface area (Å²) in [7, 11) is 0. The molecule has 0 saturated carbocycles. The van der Waals surface area contributed by atoms with Crippen LogP contribution in [0, 0.1) is 18.8 Å². The maximum Gasteiger partial charge on any atom is 0.254 e. The maximum absolute atomic E-state index is 12.4. The first-order valence-corrected chi connectivity index (χ1v) is 6.73. The molecule has 0 aliphatic carbocycles. The summed E-state index contributed by atoms with van der Waals surface area (Å²) in [6.45, 7) is 5.58. The molecule has 106 valence electrons. The van der Waals surface area contributed by atoms with Gasteiger partial charge in [-0.25, -0.2) is 0 Å². The molecule has 0 radical (unpaired) electrons. The van der Waals surface area contributed by atoms with Crippen molar-refractivity contribution in [3.63, 3.8) is 0 Å². The third-order valence-corrected chi connectivity index (χ3v) is 3.30. The monoisotopic (exact) mass is 273 g/mol. The number of amides is 1. The SMILES string of the molecule is Cc1cc(C(=O)N2CCOC(C)C2)ccc1C#CCO. The average Bonchev–Trinajstić information content (AvgIpc) is 2.45. The molecule has 1 saturated heterocycles. The summed E-state index contributed by atoms with van der Waals surface area (Å²) in [5, 5.41) is 8.71. The Morgan fingerprint density at radius 2 is 2.35 bits per heavy atom. The van der Waals surface area contributed by atoms with E-state index in [2.05, 4.69) is 11.8 Å². The Kier molecular flexibility index (Phi) is 4.78. The van der Waals surface area contributed by atoms with Crippen LogP contribution in [0.15, 0.2) is 18.2 Å². The van der Waals surface area contributed by atoms with E-state index in [1.807, 2.05) is 30.9 Å². The molecule has 4 heteroatoms. The van der Waals surface area contributed by atoms with E-state index in [1.54, 1.807) is 6.07 Å². The first-order valence-electron chi connectivity index (χ1n) is 6.73. The van der Waals surface area contributed by atoms with Gasteiger partial charge in [-0.15, -0.1) is 0 Å². The minimum atomic E-state index is -0.161. The van der Waals surface area contributed by atoms with Gasteiger partial charge in [0.2, 0.25) is 0 Å². The highest BCUT2D eigenvalue weighted by Crippen LogP contribution is 2.14. The zero-order chi connectivity index (χ0) is 14.5. The lowest BCUT2D eigenvalue weighted by Gasteiger charge is -2.31. The summed E-state index contributed by atoms with van der Waals surface area (Å²) < 4.78 is 5.45. The highest BCUT2D eigenvalue weighted by atomic mass is 16.5. The van der Waals surface area contributed by atoms with Gasteiger partial charge in [0, 0.05) is 24.2 Å². The Balaban J connectivity index is 2.16. The Bertz CT molecular complexity index is 557. The number of aliphatic hydroxyl groups is 1. The van der Waals surface area contributed by atoms with Crippen molar-refractivity contribution < 1.29 is 14.6 Å². The predicted molar refractivity (Wildman–Crippen MR) is 76.5 cm³/mol. The lowest BCUT2D eigenvalue weighted by molar-refractivity contribution is -0.0124. The average molecular weight is 273 g/mol. The van der Waals surface area contributed by atoms with Crippen molar-refractivity contribution in [1.82, 2.24) is 4.90 Å². The number of hydrogen-bond donors (Lipinski definition) is 1. The second-order valence-electron chi connectivity index (χ2n) is 4.92. The van der Waals surface area contributed by atoms with Gasteiger partial charge in [0.1, 0.15) is 6.61 Å². The van der Waals surface area contributed by atoms with Crippen LogP contribution >= 0.6 is 0 Å². The maximum atomic E-state index is 12.4. The van der Waals surface area contributed by atoms with Crippen LogP contribution in [0.2, 0.25) is 0 Å². The second kappa shape index (κ2) is 6.56. The van der Waals surface area contributed by atoms with Crippen molar-refractivity contribution in [3.05, 3.63) is 34.9 Å². The quantitative estimate of drug-likeness (QED) is 0.782. The topological polar surface area (TPSA) is 49.8 Å². The number of nitrogens with zero attached hydrogens (tertiary/aromatic N) is 1. The van der Waals surface area contributed by atoms with E-state index < -0.39 is 0 Å². The minimum absolute atomic E-state index is 0.0323. The Labute approximate surface area is 119 Å². The summed E-state index contributed by atoms with van der Waals surface area (Å²) in [6, 6.07) is 5.47. The molecule has 0 spiro atoms. The molecule has 1 unspecified atom stereocenters. The fourth-order valence-electron chi connectivity index (χ4n) is 2.26. The van der Waals surface area contributed by atoms with E-state index in [0.29, 0.717) is 25.3 Å². The summed E-state index contributed by atoms with van der Waals surface area (Å²) in [4.78, 5) is 14.2. The molecule has 20 heavy (non-hydrogen) atoms.